The number of amides is 2. The van der Waals surface area contributed by atoms with E-state index in [9.17, 15) is 9.59 Å². The van der Waals surface area contributed by atoms with Crippen LogP contribution in [0.1, 0.15) is 32.8 Å². The van der Waals surface area contributed by atoms with E-state index in [0.29, 0.717) is 18.0 Å². The molecule has 0 spiro atoms. The van der Waals surface area contributed by atoms with Crippen LogP contribution in [0.4, 0.5) is 0 Å². The maximum atomic E-state index is 12.0. The lowest BCUT2D eigenvalue weighted by atomic mass is 9.89. The van der Waals surface area contributed by atoms with Crippen LogP contribution < -0.4 is 20.5 Å². The third kappa shape index (κ3) is 4.95. The molecule has 0 aliphatic heterocycles. The van der Waals surface area contributed by atoms with Crippen molar-refractivity contribution in [3.63, 3.8) is 0 Å². The predicted molar refractivity (Wildman–Crippen MR) is 83.6 cm³/mol. The number of nitrogens with two attached hydrogens (primary N) is 1. The molecular weight excluding hydrogens is 284 g/mol. The van der Waals surface area contributed by atoms with E-state index < -0.39 is 11.3 Å². The van der Waals surface area contributed by atoms with E-state index >= 15 is 0 Å². The fraction of sp³-hybridized carbons (Fsp3) is 0.500. The fourth-order valence-electron chi connectivity index (χ4n) is 1.67. The summed E-state index contributed by atoms with van der Waals surface area (Å²) in [6.45, 7) is 5.98. The summed E-state index contributed by atoms with van der Waals surface area (Å²) in [4.78, 5) is 22.8. The minimum absolute atomic E-state index is 0.00280. The van der Waals surface area contributed by atoms with E-state index in [1.807, 2.05) is 20.8 Å². The molecule has 3 N–H and O–H groups in total. The first-order valence-corrected chi connectivity index (χ1v) is 7.16. The molecule has 0 bridgehead atoms. The van der Waals surface area contributed by atoms with Gasteiger partial charge in [-0.05, 0) is 24.1 Å². The summed E-state index contributed by atoms with van der Waals surface area (Å²) in [5.74, 6) is 0.372. The molecule has 0 atom stereocenters. The van der Waals surface area contributed by atoms with Crippen LogP contribution in [0.5, 0.6) is 11.5 Å². The first-order valence-electron chi connectivity index (χ1n) is 7.16. The van der Waals surface area contributed by atoms with E-state index in [1.165, 1.54) is 7.11 Å². The van der Waals surface area contributed by atoms with Crippen LogP contribution in [0.25, 0.3) is 0 Å². The molecule has 6 nitrogen and oxygen atoms in total. The second-order valence-corrected chi connectivity index (χ2v) is 5.66. The third-order valence-corrected chi connectivity index (χ3v) is 3.55. The molecule has 1 rings (SSSR count). The number of carbonyl (C=O) groups excluding carboxylic acids is 2. The lowest BCUT2D eigenvalue weighted by Gasteiger charge is -2.21. The monoisotopic (exact) mass is 308 g/mol. The van der Waals surface area contributed by atoms with Gasteiger partial charge >= 0.3 is 0 Å². The number of rotatable bonds is 8. The molecule has 0 saturated carbocycles. The van der Waals surface area contributed by atoms with Crippen LogP contribution in [0.3, 0.4) is 0 Å². The van der Waals surface area contributed by atoms with Gasteiger partial charge in [0.1, 0.15) is 0 Å². The highest BCUT2D eigenvalue weighted by atomic mass is 16.5. The van der Waals surface area contributed by atoms with Gasteiger partial charge in [-0.2, -0.15) is 0 Å². The van der Waals surface area contributed by atoms with E-state index in [1.54, 1.807) is 18.2 Å². The second kappa shape index (κ2) is 7.68. The number of nitrogens with one attached hydrogen (secondary N) is 1. The molecular formula is C16H24N2O4. The zero-order chi connectivity index (χ0) is 16.8. The average molecular weight is 308 g/mol. The Balaban J connectivity index is 2.73. The van der Waals surface area contributed by atoms with Crippen molar-refractivity contribution in [3.8, 4) is 11.5 Å². The van der Waals surface area contributed by atoms with Crippen molar-refractivity contribution in [1.82, 2.24) is 5.32 Å². The highest BCUT2D eigenvalue weighted by Gasteiger charge is 2.24. The Kier molecular flexibility index (Phi) is 6.22. The average Bonchev–Trinajstić information content (AvgIpc) is 2.50. The normalized spacial score (nSPS) is 10.9. The maximum absolute atomic E-state index is 12.0. The SMILES string of the molecule is CCC(C)(C)C(=O)NCc1ccc(OCC(N)=O)c(OC)c1. The Bertz CT molecular complexity index is 541. The fourth-order valence-corrected chi connectivity index (χ4v) is 1.67. The molecule has 1 aromatic carbocycles. The van der Waals surface area contributed by atoms with Gasteiger partial charge in [0.05, 0.1) is 7.11 Å². The molecule has 6 heteroatoms. The number of hydrogen-bond donors (Lipinski definition) is 2. The van der Waals surface area contributed by atoms with E-state index in [4.69, 9.17) is 15.2 Å². The Hall–Kier alpha value is -2.24. The van der Waals surface area contributed by atoms with Crippen LogP contribution in [0.15, 0.2) is 18.2 Å². The topological polar surface area (TPSA) is 90.6 Å². The lowest BCUT2D eigenvalue weighted by Crippen LogP contribution is -2.35. The number of ether oxygens (including phenoxy) is 2. The van der Waals surface area contributed by atoms with Gasteiger partial charge in [0.25, 0.3) is 5.91 Å². The smallest absolute Gasteiger partial charge is 0.255 e. The summed E-state index contributed by atoms with van der Waals surface area (Å²) in [5.41, 5.74) is 5.53. The molecule has 22 heavy (non-hydrogen) atoms. The second-order valence-electron chi connectivity index (χ2n) is 5.66. The minimum Gasteiger partial charge on any atom is -0.493 e. The molecule has 0 aliphatic carbocycles. The Labute approximate surface area is 131 Å². The maximum Gasteiger partial charge on any atom is 0.255 e. The molecule has 0 radical (unpaired) electrons. The van der Waals surface area contributed by atoms with E-state index in [2.05, 4.69) is 5.32 Å². The minimum atomic E-state index is -0.555. The molecule has 1 aromatic rings. The van der Waals surface area contributed by atoms with Crippen molar-refractivity contribution in [1.29, 1.82) is 0 Å². The summed E-state index contributed by atoms with van der Waals surface area (Å²) in [7, 11) is 1.51. The molecule has 0 saturated heterocycles. The zero-order valence-electron chi connectivity index (χ0n) is 13.6. The summed E-state index contributed by atoms with van der Waals surface area (Å²) < 4.78 is 10.5. The van der Waals surface area contributed by atoms with Crippen molar-refractivity contribution >= 4 is 11.8 Å². The molecule has 0 aliphatic rings. The molecule has 0 aromatic heterocycles. The van der Waals surface area contributed by atoms with Gasteiger partial charge in [0.15, 0.2) is 18.1 Å². The lowest BCUT2D eigenvalue weighted by molar-refractivity contribution is -0.129. The van der Waals surface area contributed by atoms with Crippen LogP contribution in [-0.4, -0.2) is 25.5 Å². The van der Waals surface area contributed by atoms with Gasteiger partial charge in [-0.3, -0.25) is 9.59 Å². The molecule has 0 heterocycles. The first-order chi connectivity index (χ1) is 10.3. The van der Waals surface area contributed by atoms with Crippen molar-refractivity contribution in [2.45, 2.75) is 33.7 Å². The molecule has 122 valence electrons. The zero-order valence-corrected chi connectivity index (χ0v) is 13.6. The molecule has 0 unspecified atom stereocenters. The number of methoxy groups -OCH3 is 1. The highest BCUT2D eigenvalue weighted by Crippen LogP contribution is 2.28. The number of hydrogen-bond acceptors (Lipinski definition) is 4. The molecule has 2 amide bonds. The van der Waals surface area contributed by atoms with Gasteiger partial charge < -0.3 is 20.5 Å². The first kappa shape index (κ1) is 17.8. The number of primary amides is 1. The van der Waals surface area contributed by atoms with E-state index in [-0.39, 0.29) is 12.5 Å². The van der Waals surface area contributed by atoms with Crippen LogP contribution in [0.2, 0.25) is 0 Å². The Morgan fingerprint density at radius 1 is 1.27 bits per heavy atom. The summed E-state index contributed by atoms with van der Waals surface area (Å²) in [6, 6.07) is 5.25. The number of carbonyl (C=O) groups is 2. The Morgan fingerprint density at radius 3 is 2.50 bits per heavy atom. The van der Waals surface area contributed by atoms with Crippen molar-refractivity contribution < 1.29 is 19.1 Å². The summed E-state index contributed by atoms with van der Waals surface area (Å²) in [5, 5.41) is 2.90. The van der Waals surface area contributed by atoms with Gasteiger partial charge in [0, 0.05) is 12.0 Å². The van der Waals surface area contributed by atoms with Gasteiger partial charge in [-0.15, -0.1) is 0 Å². The molecule has 0 fully saturated rings. The number of benzene rings is 1. The predicted octanol–water partition coefficient (Wildman–Crippen LogP) is 1.61. The highest BCUT2D eigenvalue weighted by molar-refractivity contribution is 5.81. The largest absolute Gasteiger partial charge is 0.493 e. The van der Waals surface area contributed by atoms with Crippen LogP contribution >= 0.6 is 0 Å². The Morgan fingerprint density at radius 2 is 1.95 bits per heavy atom. The van der Waals surface area contributed by atoms with Gasteiger partial charge in [0.2, 0.25) is 5.91 Å². The summed E-state index contributed by atoms with van der Waals surface area (Å²) in [6.07, 6.45) is 0.766. The van der Waals surface area contributed by atoms with Crippen molar-refractivity contribution in [3.05, 3.63) is 23.8 Å². The van der Waals surface area contributed by atoms with Gasteiger partial charge in [-0.25, -0.2) is 0 Å². The van der Waals surface area contributed by atoms with E-state index in [0.717, 1.165) is 12.0 Å². The van der Waals surface area contributed by atoms with Crippen molar-refractivity contribution in [2.24, 2.45) is 11.1 Å². The summed E-state index contributed by atoms with van der Waals surface area (Å²) >= 11 is 0. The third-order valence-electron chi connectivity index (χ3n) is 3.55. The van der Waals surface area contributed by atoms with Crippen LogP contribution in [0, 0.1) is 5.41 Å². The quantitative estimate of drug-likeness (QED) is 0.763. The van der Waals surface area contributed by atoms with Crippen molar-refractivity contribution in [2.75, 3.05) is 13.7 Å². The van der Waals surface area contributed by atoms with Crippen LogP contribution in [-0.2, 0) is 16.1 Å². The van der Waals surface area contributed by atoms with Gasteiger partial charge in [-0.1, -0.05) is 26.8 Å². The standard InChI is InChI=1S/C16H24N2O4/c1-5-16(2,3)15(20)18-9-11-6-7-12(13(8-11)21-4)22-10-14(17)19/h6-8H,5,9-10H2,1-4H3,(H2,17,19)(H,18,20).